The van der Waals surface area contributed by atoms with Crippen LogP contribution in [0.4, 0.5) is 0 Å². The molecule has 1 aliphatic rings. The van der Waals surface area contributed by atoms with Gasteiger partial charge in [0.05, 0.1) is 0 Å². The predicted molar refractivity (Wildman–Crippen MR) is 113 cm³/mol. The van der Waals surface area contributed by atoms with Crippen molar-refractivity contribution in [3.8, 4) is 0 Å². The summed E-state index contributed by atoms with van der Waals surface area (Å²) >= 11 is 0. The highest BCUT2D eigenvalue weighted by atomic mass is 14.5. The zero-order valence-corrected chi connectivity index (χ0v) is 16.7. The molecule has 134 valence electrons. The highest BCUT2D eigenvalue weighted by Gasteiger charge is 2.02. The molecule has 25 heavy (non-hydrogen) atoms. The Hall–Kier alpha value is -2.28. The van der Waals surface area contributed by atoms with Gasteiger partial charge < -0.3 is 5.73 Å². The van der Waals surface area contributed by atoms with Gasteiger partial charge in [-0.2, -0.15) is 0 Å². The second kappa shape index (κ2) is 9.88. The molecule has 0 atom stereocenters. The molecule has 0 saturated heterocycles. The minimum absolute atomic E-state index is 0.854. The molecule has 0 amide bonds. The van der Waals surface area contributed by atoms with Gasteiger partial charge in [0.2, 0.25) is 0 Å². The SMILES string of the molecule is C=C/C(=C\C(C)=C(/C)N)C1=CCC=C1.CCc1c(C)ccc(C)c1C. The topological polar surface area (TPSA) is 26.0 Å². The lowest BCUT2D eigenvalue weighted by Crippen LogP contribution is -1.94. The summed E-state index contributed by atoms with van der Waals surface area (Å²) in [6.07, 6.45) is 12.6. The lowest BCUT2D eigenvalue weighted by atomic mass is 9.97. The number of rotatable bonds is 4. The van der Waals surface area contributed by atoms with Gasteiger partial charge in [0.25, 0.3) is 0 Å². The first-order valence-corrected chi connectivity index (χ1v) is 9.01. The molecule has 0 heterocycles. The zero-order valence-electron chi connectivity index (χ0n) is 16.7. The summed E-state index contributed by atoms with van der Waals surface area (Å²) in [5, 5.41) is 0. The van der Waals surface area contributed by atoms with Crippen LogP contribution in [0.3, 0.4) is 0 Å². The molecular formula is C24H33N. The van der Waals surface area contributed by atoms with Crippen molar-refractivity contribution in [1.82, 2.24) is 0 Å². The smallest absolute Gasteiger partial charge is 0.00787 e. The zero-order chi connectivity index (χ0) is 19.0. The van der Waals surface area contributed by atoms with Crippen molar-refractivity contribution in [3.63, 3.8) is 0 Å². The van der Waals surface area contributed by atoms with Crippen molar-refractivity contribution in [2.45, 2.75) is 54.4 Å². The van der Waals surface area contributed by atoms with Crippen LogP contribution in [0.5, 0.6) is 0 Å². The van der Waals surface area contributed by atoms with Gasteiger partial charge in [-0.15, -0.1) is 0 Å². The van der Waals surface area contributed by atoms with Crippen LogP contribution in [-0.2, 0) is 6.42 Å². The largest absolute Gasteiger partial charge is 0.402 e. The van der Waals surface area contributed by atoms with E-state index in [1.165, 1.54) is 27.8 Å². The molecule has 0 bridgehead atoms. The summed E-state index contributed by atoms with van der Waals surface area (Å²) in [6, 6.07) is 4.41. The third-order valence-corrected chi connectivity index (χ3v) is 4.78. The average molecular weight is 336 g/mol. The van der Waals surface area contributed by atoms with Crippen molar-refractivity contribution in [1.29, 1.82) is 0 Å². The Kier molecular flexibility index (Phi) is 8.21. The summed E-state index contributed by atoms with van der Waals surface area (Å²) in [4.78, 5) is 0. The molecule has 0 aromatic heterocycles. The van der Waals surface area contributed by atoms with Crippen LogP contribution in [-0.4, -0.2) is 0 Å². The van der Waals surface area contributed by atoms with Gasteiger partial charge in [0.15, 0.2) is 0 Å². The molecule has 1 heteroatoms. The molecule has 0 saturated carbocycles. The fourth-order valence-corrected chi connectivity index (χ4v) is 2.83. The minimum atomic E-state index is 0.854. The van der Waals surface area contributed by atoms with Gasteiger partial charge in [-0.25, -0.2) is 0 Å². The number of nitrogens with two attached hydrogens (primary N) is 1. The molecule has 1 nitrogen and oxygen atoms in total. The quantitative estimate of drug-likeness (QED) is 0.632. The second-order valence-corrected chi connectivity index (χ2v) is 6.62. The molecule has 0 fully saturated rings. The average Bonchev–Trinajstić information content (AvgIpc) is 3.11. The maximum absolute atomic E-state index is 5.70. The fraction of sp³-hybridized carbons (Fsp3) is 0.333. The van der Waals surface area contributed by atoms with Gasteiger partial charge >= 0.3 is 0 Å². The van der Waals surface area contributed by atoms with Crippen LogP contribution in [0.2, 0.25) is 0 Å². The van der Waals surface area contributed by atoms with E-state index in [-0.39, 0.29) is 0 Å². The number of allylic oxidation sites excluding steroid dienone is 9. The fourth-order valence-electron chi connectivity index (χ4n) is 2.83. The monoisotopic (exact) mass is 335 g/mol. The van der Waals surface area contributed by atoms with Crippen LogP contribution < -0.4 is 5.73 Å². The standard InChI is InChI=1S/C13H17N.C11H16/c1-4-12(9-10(2)11(3)14)13-7-5-6-8-13;1-5-11-9(3)7-6-8(2)10(11)4/h4-5,7-9H,1,6,14H2,2-3H3;6-7H,5H2,1-4H3/b11-10+,12-9+;. The molecule has 2 N–H and O–H groups in total. The van der Waals surface area contributed by atoms with Gasteiger partial charge in [-0.1, -0.05) is 49.9 Å². The van der Waals surface area contributed by atoms with Gasteiger partial charge in [0, 0.05) is 5.70 Å². The van der Waals surface area contributed by atoms with E-state index in [0.717, 1.165) is 29.7 Å². The molecule has 0 aliphatic heterocycles. The molecule has 2 rings (SSSR count). The molecule has 1 aromatic carbocycles. The number of hydrogen-bond donors (Lipinski definition) is 1. The van der Waals surface area contributed by atoms with E-state index in [9.17, 15) is 0 Å². The van der Waals surface area contributed by atoms with Crippen LogP contribution in [0.15, 0.2) is 71.5 Å². The number of aryl methyl sites for hydroxylation is 2. The van der Waals surface area contributed by atoms with Crippen LogP contribution >= 0.6 is 0 Å². The molecule has 0 spiro atoms. The Bertz CT molecular complexity index is 736. The van der Waals surface area contributed by atoms with Crippen LogP contribution in [0.25, 0.3) is 0 Å². The first-order chi connectivity index (χ1) is 11.8. The lowest BCUT2D eigenvalue weighted by Gasteiger charge is -2.09. The summed E-state index contributed by atoms with van der Waals surface area (Å²) in [5.41, 5.74) is 15.8. The first-order valence-electron chi connectivity index (χ1n) is 9.01. The van der Waals surface area contributed by atoms with E-state index in [1.807, 2.05) is 19.9 Å². The minimum Gasteiger partial charge on any atom is -0.402 e. The third-order valence-electron chi connectivity index (χ3n) is 4.78. The Balaban J connectivity index is 0.000000257. The third kappa shape index (κ3) is 5.94. The van der Waals surface area contributed by atoms with Crippen molar-refractivity contribution in [2.75, 3.05) is 0 Å². The van der Waals surface area contributed by atoms with E-state index < -0.39 is 0 Å². The van der Waals surface area contributed by atoms with Crippen LogP contribution in [0, 0.1) is 20.8 Å². The maximum atomic E-state index is 5.70. The van der Waals surface area contributed by atoms with E-state index in [0.29, 0.717) is 0 Å². The Morgan fingerprint density at radius 2 is 1.80 bits per heavy atom. The van der Waals surface area contributed by atoms with Crippen molar-refractivity contribution in [2.24, 2.45) is 5.73 Å². The van der Waals surface area contributed by atoms with E-state index in [1.54, 1.807) is 0 Å². The molecular weight excluding hydrogens is 302 g/mol. The Labute approximate surface area is 154 Å². The summed E-state index contributed by atoms with van der Waals surface area (Å²) in [6.45, 7) is 16.5. The highest BCUT2D eigenvalue weighted by molar-refractivity contribution is 5.51. The van der Waals surface area contributed by atoms with Crippen LogP contribution in [0.1, 0.15) is 49.4 Å². The van der Waals surface area contributed by atoms with E-state index in [2.05, 4.69) is 70.7 Å². The van der Waals surface area contributed by atoms with Gasteiger partial charge in [-0.3, -0.25) is 0 Å². The number of benzene rings is 1. The predicted octanol–water partition coefficient (Wildman–Crippen LogP) is 6.41. The summed E-state index contributed by atoms with van der Waals surface area (Å²) < 4.78 is 0. The van der Waals surface area contributed by atoms with Crippen molar-refractivity contribution >= 4 is 0 Å². The highest BCUT2D eigenvalue weighted by Crippen LogP contribution is 2.21. The normalized spacial score (nSPS) is 14.5. The molecule has 0 radical (unpaired) electrons. The molecule has 1 aromatic rings. The molecule has 0 unspecified atom stereocenters. The lowest BCUT2D eigenvalue weighted by molar-refractivity contribution is 1.07. The molecule has 1 aliphatic carbocycles. The second-order valence-electron chi connectivity index (χ2n) is 6.62. The summed E-state index contributed by atoms with van der Waals surface area (Å²) in [5.74, 6) is 0. The first kappa shape index (κ1) is 20.8. The van der Waals surface area contributed by atoms with Gasteiger partial charge in [0.1, 0.15) is 0 Å². The summed E-state index contributed by atoms with van der Waals surface area (Å²) in [7, 11) is 0. The van der Waals surface area contributed by atoms with Crippen molar-refractivity contribution in [3.05, 3.63) is 93.8 Å². The van der Waals surface area contributed by atoms with E-state index in [4.69, 9.17) is 5.73 Å². The Morgan fingerprint density at radius 1 is 1.16 bits per heavy atom. The Morgan fingerprint density at radius 3 is 2.24 bits per heavy atom. The van der Waals surface area contributed by atoms with Crippen molar-refractivity contribution < 1.29 is 0 Å². The maximum Gasteiger partial charge on any atom is 0.00787 e. The van der Waals surface area contributed by atoms with E-state index >= 15 is 0 Å². The van der Waals surface area contributed by atoms with Gasteiger partial charge in [-0.05, 0) is 92.5 Å². The number of hydrogen-bond acceptors (Lipinski definition) is 1.